The summed E-state index contributed by atoms with van der Waals surface area (Å²) >= 11 is -2.79. The van der Waals surface area contributed by atoms with E-state index < -0.39 is 23.1 Å². The number of hydrogen-bond acceptors (Lipinski definition) is 5. The number of benzene rings is 2. The fraction of sp³-hybridized carbons (Fsp3) is 0.350. The maximum Gasteiger partial charge on any atom is 0.340 e. The number of rotatable bonds is 10. The van der Waals surface area contributed by atoms with Gasteiger partial charge in [-0.25, -0.2) is 9.18 Å². The number of unbranched alkanes of at least 4 members (excludes halogenated alkanes) is 3. The largest absolute Gasteiger partial charge is 0.755 e. The minimum Gasteiger partial charge on any atom is -0.755 e. The summed E-state index contributed by atoms with van der Waals surface area (Å²) < 4.78 is 48.8. The highest BCUT2D eigenvalue weighted by molar-refractivity contribution is 7.81. The Morgan fingerprint density at radius 2 is 1.86 bits per heavy atom. The van der Waals surface area contributed by atoms with Crippen molar-refractivity contribution >= 4 is 28.6 Å². The van der Waals surface area contributed by atoms with Crippen molar-refractivity contribution in [3.63, 3.8) is 0 Å². The van der Waals surface area contributed by atoms with Gasteiger partial charge in [-0.2, -0.15) is 0 Å². The molecule has 8 heteroatoms. The highest BCUT2D eigenvalue weighted by Gasteiger charge is 2.21. The molecule has 0 heterocycles. The van der Waals surface area contributed by atoms with Gasteiger partial charge >= 0.3 is 5.97 Å². The van der Waals surface area contributed by atoms with Gasteiger partial charge in [0.25, 0.3) is 0 Å². The first-order valence-corrected chi connectivity index (χ1v) is 10.0. The van der Waals surface area contributed by atoms with Crippen LogP contribution in [-0.4, -0.2) is 28.4 Å². The molecule has 0 amide bonds. The minimum atomic E-state index is -2.79. The summed E-state index contributed by atoms with van der Waals surface area (Å²) in [6.45, 7) is 2.30. The Labute approximate surface area is 166 Å². The van der Waals surface area contributed by atoms with Gasteiger partial charge in [-0.05, 0) is 48.9 Å². The molecule has 2 aromatic rings. The number of anilines is 2. The van der Waals surface area contributed by atoms with Crippen LogP contribution < -0.4 is 9.04 Å². The van der Waals surface area contributed by atoms with Crippen LogP contribution in [0.1, 0.15) is 43.0 Å². The van der Waals surface area contributed by atoms with Crippen molar-refractivity contribution in [2.24, 2.45) is 0 Å². The zero-order valence-electron chi connectivity index (χ0n) is 15.9. The van der Waals surface area contributed by atoms with Gasteiger partial charge < -0.3 is 14.0 Å². The molecule has 0 bridgehead atoms. The van der Waals surface area contributed by atoms with Crippen molar-refractivity contribution in [2.75, 3.05) is 18.0 Å². The molecule has 0 N–H and O–H groups in total. The Morgan fingerprint density at radius 3 is 2.46 bits per heavy atom. The maximum atomic E-state index is 13.9. The molecular formula is C20H23FNO5S-. The summed E-state index contributed by atoms with van der Waals surface area (Å²) in [4.78, 5) is 12.5. The van der Waals surface area contributed by atoms with Crippen molar-refractivity contribution in [3.8, 4) is 5.75 Å². The van der Waals surface area contributed by atoms with Crippen molar-refractivity contribution < 1.29 is 27.4 Å². The van der Waals surface area contributed by atoms with Crippen molar-refractivity contribution in [3.05, 3.63) is 53.8 Å². The van der Waals surface area contributed by atoms with Crippen LogP contribution in [0.3, 0.4) is 0 Å². The molecule has 0 saturated carbocycles. The van der Waals surface area contributed by atoms with E-state index in [1.54, 1.807) is 12.1 Å². The average molecular weight is 408 g/mol. The zero-order valence-corrected chi connectivity index (χ0v) is 16.7. The number of carbonyl (C=O) groups is 1. The van der Waals surface area contributed by atoms with Gasteiger partial charge in [0.05, 0.1) is 41.9 Å². The second-order valence-electron chi connectivity index (χ2n) is 6.07. The number of hydrogen-bond donors (Lipinski definition) is 0. The molecule has 2 aromatic carbocycles. The quantitative estimate of drug-likeness (QED) is 0.328. The Hall–Kier alpha value is -2.45. The predicted molar refractivity (Wildman–Crippen MR) is 105 cm³/mol. The number of carbonyl (C=O) groups excluding carboxylic acids is 1. The van der Waals surface area contributed by atoms with Crippen LogP contribution in [-0.2, 0) is 16.0 Å². The molecule has 0 fully saturated rings. The topological polar surface area (TPSA) is 78.9 Å². The normalized spacial score (nSPS) is 11.7. The molecule has 0 aliphatic heterocycles. The third-order valence-electron chi connectivity index (χ3n) is 4.09. The van der Waals surface area contributed by atoms with Crippen LogP contribution in [0.15, 0.2) is 42.5 Å². The zero-order chi connectivity index (χ0) is 20.5. The van der Waals surface area contributed by atoms with Gasteiger partial charge in [0.15, 0.2) is 0 Å². The third kappa shape index (κ3) is 5.77. The van der Waals surface area contributed by atoms with Gasteiger partial charge in [0.2, 0.25) is 0 Å². The lowest BCUT2D eigenvalue weighted by Crippen LogP contribution is -2.23. The molecule has 0 saturated heterocycles. The van der Waals surface area contributed by atoms with E-state index in [4.69, 9.17) is 9.47 Å². The summed E-state index contributed by atoms with van der Waals surface area (Å²) in [5.41, 5.74) is 0.0886. The minimum absolute atomic E-state index is 0.0306. The van der Waals surface area contributed by atoms with Crippen molar-refractivity contribution in [2.45, 2.75) is 32.6 Å². The molecule has 0 aromatic heterocycles. The van der Waals surface area contributed by atoms with Gasteiger partial charge in [0.1, 0.15) is 11.6 Å². The van der Waals surface area contributed by atoms with Crippen LogP contribution in [0, 0.1) is 5.82 Å². The molecule has 152 valence electrons. The molecule has 1 atom stereocenters. The lowest BCUT2D eigenvalue weighted by molar-refractivity contribution is 0.0499. The lowest BCUT2D eigenvalue weighted by atomic mass is 10.1. The van der Waals surface area contributed by atoms with E-state index in [9.17, 15) is 17.9 Å². The van der Waals surface area contributed by atoms with Crippen molar-refractivity contribution in [1.29, 1.82) is 0 Å². The molecule has 1 unspecified atom stereocenters. The summed E-state index contributed by atoms with van der Waals surface area (Å²) in [5, 5.41) is 0. The SMILES string of the molecule is CCCCCCOC(=O)c1ccc(F)cc1N(c1ccc(OC)cc1)S(=O)[O-]. The maximum absolute atomic E-state index is 13.9. The highest BCUT2D eigenvalue weighted by Crippen LogP contribution is 2.32. The molecular weight excluding hydrogens is 385 g/mol. The fourth-order valence-corrected chi connectivity index (χ4v) is 3.25. The van der Waals surface area contributed by atoms with E-state index >= 15 is 0 Å². The summed E-state index contributed by atoms with van der Waals surface area (Å²) in [6.07, 6.45) is 3.75. The molecule has 0 radical (unpaired) electrons. The number of methoxy groups -OCH3 is 1. The van der Waals surface area contributed by atoms with Crippen LogP contribution in [0.25, 0.3) is 0 Å². The molecule has 28 heavy (non-hydrogen) atoms. The molecule has 6 nitrogen and oxygen atoms in total. The summed E-state index contributed by atoms with van der Waals surface area (Å²) in [6, 6.07) is 9.45. The van der Waals surface area contributed by atoms with Crippen LogP contribution >= 0.6 is 0 Å². The molecule has 0 aliphatic carbocycles. The Bertz CT molecular complexity index is 813. The number of esters is 1. The smallest absolute Gasteiger partial charge is 0.340 e. The van der Waals surface area contributed by atoms with Crippen molar-refractivity contribution in [1.82, 2.24) is 0 Å². The first-order valence-electron chi connectivity index (χ1n) is 8.98. The van der Waals surface area contributed by atoms with E-state index in [2.05, 4.69) is 6.92 Å². The Balaban J connectivity index is 2.31. The van der Waals surface area contributed by atoms with E-state index in [1.165, 1.54) is 25.3 Å². The van der Waals surface area contributed by atoms with Gasteiger partial charge in [-0.1, -0.05) is 26.2 Å². The fourth-order valence-electron chi connectivity index (χ4n) is 2.64. The van der Waals surface area contributed by atoms with Gasteiger partial charge in [0, 0.05) is 0 Å². The van der Waals surface area contributed by atoms with E-state index in [-0.39, 0.29) is 23.5 Å². The first-order chi connectivity index (χ1) is 13.5. The monoisotopic (exact) mass is 408 g/mol. The van der Waals surface area contributed by atoms with Crippen LogP contribution in [0.5, 0.6) is 5.75 Å². The van der Waals surface area contributed by atoms with Gasteiger partial charge in [-0.3, -0.25) is 8.51 Å². The Morgan fingerprint density at radius 1 is 1.14 bits per heavy atom. The molecule has 0 aliphatic rings. The van der Waals surface area contributed by atoms with E-state index in [1.807, 2.05) is 0 Å². The number of ether oxygens (including phenoxy) is 2. The number of nitrogens with zero attached hydrogens (tertiary/aromatic N) is 1. The van der Waals surface area contributed by atoms with Crippen LogP contribution in [0.2, 0.25) is 0 Å². The molecule has 2 rings (SSSR count). The third-order valence-corrected chi connectivity index (χ3v) is 4.79. The van der Waals surface area contributed by atoms with E-state index in [0.717, 1.165) is 35.7 Å². The second kappa shape index (κ2) is 10.8. The summed E-state index contributed by atoms with van der Waals surface area (Å²) in [5.74, 6) is -0.833. The average Bonchev–Trinajstić information content (AvgIpc) is 2.68. The second-order valence-corrected chi connectivity index (χ2v) is 6.87. The molecule has 0 spiro atoms. The predicted octanol–water partition coefficient (Wildman–Crippen LogP) is 4.50. The lowest BCUT2D eigenvalue weighted by Gasteiger charge is -2.28. The standard InChI is InChI=1S/C20H24FNO5S/c1-3-4-5-6-13-27-20(23)18-12-7-15(21)14-19(18)22(28(24)25)16-8-10-17(26-2)11-9-16/h7-12,14H,3-6,13H2,1-2H3,(H,24,25)/p-1. The summed E-state index contributed by atoms with van der Waals surface area (Å²) in [7, 11) is 1.49. The Kier molecular flexibility index (Phi) is 8.41. The first kappa shape index (κ1) is 21.8. The van der Waals surface area contributed by atoms with Crippen LogP contribution in [0.4, 0.5) is 15.8 Å². The van der Waals surface area contributed by atoms with E-state index in [0.29, 0.717) is 12.2 Å². The number of halogens is 1. The van der Waals surface area contributed by atoms with Gasteiger partial charge in [-0.15, -0.1) is 0 Å². The highest BCUT2D eigenvalue weighted by atomic mass is 32.2.